The molecular weight excluding hydrogens is 226 g/mol. The van der Waals surface area contributed by atoms with E-state index in [9.17, 15) is 4.79 Å². The van der Waals surface area contributed by atoms with E-state index >= 15 is 0 Å². The van der Waals surface area contributed by atoms with Gasteiger partial charge in [0.25, 0.3) is 5.91 Å². The van der Waals surface area contributed by atoms with Crippen LogP contribution in [0.3, 0.4) is 0 Å². The van der Waals surface area contributed by atoms with E-state index in [1.165, 1.54) is 0 Å². The molecule has 0 heterocycles. The lowest BCUT2D eigenvalue weighted by molar-refractivity contribution is 0.0210. The van der Waals surface area contributed by atoms with Crippen molar-refractivity contribution in [2.45, 2.75) is 13.8 Å². The average Bonchev–Trinajstić information content (AvgIpc) is 2.37. The Morgan fingerprint density at radius 3 is 2.67 bits per heavy atom. The predicted octanol–water partition coefficient (Wildman–Crippen LogP) is 3.16. The van der Waals surface area contributed by atoms with E-state index < -0.39 is 0 Å². The molecule has 0 bridgehead atoms. The number of amides is 1. The molecule has 0 aliphatic heterocycles. The van der Waals surface area contributed by atoms with Gasteiger partial charge in [-0.25, -0.2) is 5.48 Å². The molecule has 0 atom stereocenters. The van der Waals surface area contributed by atoms with Crippen molar-refractivity contribution in [2.75, 3.05) is 6.61 Å². The lowest BCUT2D eigenvalue weighted by Gasteiger charge is -2.09. The predicted molar refractivity (Wildman–Crippen MR) is 72.2 cm³/mol. The van der Waals surface area contributed by atoms with Crippen LogP contribution in [0.15, 0.2) is 42.5 Å². The molecule has 2 rings (SSSR count). The second-order valence-electron chi connectivity index (χ2n) is 4.66. The third-order valence-corrected chi connectivity index (χ3v) is 2.62. The second-order valence-corrected chi connectivity index (χ2v) is 4.66. The number of hydrogen-bond donors (Lipinski definition) is 1. The summed E-state index contributed by atoms with van der Waals surface area (Å²) in [7, 11) is 0. The zero-order valence-corrected chi connectivity index (χ0v) is 10.6. The summed E-state index contributed by atoms with van der Waals surface area (Å²) in [6, 6.07) is 13.5. The molecule has 0 aromatic heterocycles. The smallest absolute Gasteiger partial charge is 0.273 e. The van der Waals surface area contributed by atoms with Crippen molar-refractivity contribution in [1.29, 1.82) is 0 Å². The number of rotatable bonds is 4. The normalized spacial score (nSPS) is 10.8. The van der Waals surface area contributed by atoms with Gasteiger partial charge in [0, 0.05) is 5.56 Å². The van der Waals surface area contributed by atoms with Crippen molar-refractivity contribution in [3.63, 3.8) is 0 Å². The van der Waals surface area contributed by atoms with E-state index in [0.29, 0.717) is 18.1 Å². The highest BCUT2D eigenvalue weighted by molar-refractivity contribution is 6.06. The molecular formula is C15H17NO2. The summed E-state index contributed by atoms with van der Waals surface area (Å²) < 4.78 is 0. The Morgan fingerprint density at radius 1 is 1.17 bits per heavy atom. The third-order valence-electron chi connectivity index (χ3n) is 2.62. The van der Waals surface area contributed by atoms with Crippen molar-refractivity contribution in [1.82, 2.24) is 5.48 Å². The molecule has 3 nitrogen and oxygen atoms in total. The SMILES string of the molecule is CC(C)CONC(=O)c1cccc2ccccc12. The van der Waals surface area contributed by atoms with Crippen LogP contribution in [0, 0.1) is 5.92 Å². The minimum Gasteiger partial charge on any atom is -0.273 e. The van der Waals surface area contributed by atoms with Gasteiger partial charge < -0.3 is 0 Å². The van der Waals surface area contributed by atoms with Crippen LogP contribution in [0.2, 0.25) is 0 Å². The van der Waals surface area contributed by atoms with Crippen molar-refractivity contribution < 1.29 is 9.63 Å². The lowest BCUT2D eigenvalue weighted by Crippen LogP contribution is -2.25. The quantitative estimate of drug-likeness (QED) is 0.838. The number of hydrogen-bond acceptors (Lipinski definition) is 2. The fourth-order valence-electron chi connectivity index (χ4n) is 1.75. The van der Waals surface area contributed by atoms with Gasteiger partial charge in [0.2, 0.25) is 0 Å². The highest BCUT2D eigenvalue weighted by Gasteiger charge is 2.09. The van der Waals surface area contributed by atoms with Crippen LogP contribution >= 0.6 is 0 Å². The molecule has 0 spiro atoms. The molecule has 0 aliphatic carbocycles. The molecule has 2 aromatic rings. The highest BCUT2D eigenvalue weighted by atomic mass is 16.6. The van der Waals surface area contributed by atoms with E-state index in [-0.39, 0.29) is 5.91 Å². The molecule has 2 aromatic carbocycles. The van der Waals surface area contributed by atoms with Crippen LogP contribution in [-0.4, -0.2) is 12.5 Å². The highest BCUT2D eigenvalue weighted by Crippen LogP contribution is 2.18. The Kier molecular flexibility index (Phi) is 3.95. The molecule has 18 heavy (non-hydrogen) atoms. The Hall–Kier alpha value is -1.87. The van der Waals surface area contributed by atoms with Crippen molar-refractivity contribution >= 4 is 16.7 Å². The van der Waals surface area contributed by atoms with Gasteiger partial charge in [-0.3, -0.25) is 9.63 Å². The first kappa shape index (κ1) is 12.6. The maximum Gasteiger partial charge on any atom is 0.275 e. The zero-order valence-electron chi connectivity index (χ0n) is 10.6. The van der Waals surface area contributed by atoms with Gasteiger partial charge in [-0.05, 0) is 22.8 Å². The molecule has 94 valence electrons. The average molecular weight is 243 g/mol. The summed E-state index contributed by atoms with van der Waals surface area (Å²) in [4.78, 5) is 17.2. The topological polar surface area (TPSA) is 38.3 Å². The molecule has 0 aliphatic rings. The summed E-state index contributed by atoms with van der Waals surface area (Å²) in [5, 5.41) is 1.99. The summed E-state index contributed by atoms with van der Waals surface area (Å²) in [5.74, 6) is 0.185. The number of benzene rings is 2. The summed E-state index contributed by atoms with van der Waals surface area (Å²) in [5.41, 5.74) is 3.12. The molecule has 3 heteroatoms. The van der Waals surface area contributed by atoms with Gasteiger partial charge in [-0.2, -0.15) is 0 Å². The van der Waals surface area contributed by atoms with Crippen molar-refractivity contribution in [3.8, 4) is 0 Å². The van der Waals surface area contributed by atoms with Crippen molar-refractivity contribution in [2.24, 2.45) is 5.92 Å². The summed E-state index contributed by atoms with van der Waals surface area (Å²) >= 11 is 0. The largest absolute Gasteiger partial charge is 0.275 e. The lowest BCUT2D eigenvalue weighted by atomic mass is 10.0. The van der Waals surface area contributed by atoms with E-state index in [1.807, 2.05) is 50.2 Å². The maximum absolute atomic E-state index is 12.0. The summed E-state index contributed by atoms with van der Waals surface area (Å²) in [6.45, 7) is 4.57. The maximum atomic E-state index is 12.0. The van der Waals surface area contributed by atoms with Crippen LogP contribution in [-0.2, 0) is 4.84 Å². The van der Waals surface area contributed by atoms with Gasteiger partial charge >= 0.3 is 0 Å². The number of hydroxylamine groups is 1. The Morgan fingerprint density at radius 2 is 1.89 bits per heavy atom. The second kappa shape index (κ2) is 5.65. The molecule has 1 amide bonds. The van der Waals surface area contributed by atoms with Gasteiger partial charge in [0.15, 0.2) is 0 Å². The Labute approximate surface area is 107 Å². The fourth-order valence-corrected chi connectivity index (χ4v) is 1.75. The van der Waals surface area contributed by atoms with Crippen LogP contribution in [0.1, 0.15) is 24.2 Å². The standard InChI is InChI=1S/C15H17NO2/c1-11(2)10-18-16-15(17)14-9-5-7-12-6-3-4-8-13(12)14/h3-9,11H,10H2,1-2H3,(H,16,17). The summed E-state index contributed by atoms with van der Waals surface area (Å²) in [6.07, 6.45) is 0. The van der Waals surface area contributed by atoms with E-state index in [1.54, 1.807) is 6.07 Å². The van der Waals surface area contributed by atoms with E-state index in [0.717, 1.165) is 10.8 Å². The van der Waals surface area contributed by atoms with Crippen LogP contribution in [0.25, 0.3) is 10.8 Å². The molecule has 0 unspecified atom stereocenters. The fraction of sp³-hybridized carbons (Fsp3) is 0.267. The van der Waals surface area contributed by atoms with Gasteiger partial charge in [-0.15, -0.1) is 0 Å². The number of nitrogens with one attached hydrogen (secondary N) is 1. The van der Waals surface area contributed by atoms with Gasteiger partial charge in [0.1, 0.15) is 0 Å². The Balaban J connectivity index is 2.17. The van der Waals surface area contributed by atoms with Crippen LogP contribution in [0.5, 0.6) is 0 Å². The van der Waals surface area contributed by atoms with E-state index in [4.69, 9.17) is 4.84 Å². The van der Waals surface area contributed by atoms with Gasteiger partial charge in [-0.1, -0.05) is 50.2 Å². The van der Waals surface area contributed by atoms with Crippen molar-refractivity contribution in [3.05, 3.63) is 48.0 Å². The van der Waals surface area contributed by atoms with Crippen LogP contribution in [0.4, 0.5) is 0 Å². The molecule has 0 fully saturated rings. The first-order valence-corrected chi connectivity index (χ1v) is 6.08. The zero-order chi connectivity index (χ0) is 13.0. The Bertz CT molecular complexity index is 544. The molecule has 0 saturated carbocycles. The monoisotopic (exact) mass is 243 g/mol. The first-order valence-electron chi connectivity index (χ1n) is 6.08. The first-order chi connectivity index (χ1) is 8.68. The number of carbonyl (C=O) groups is 1. The van der Waals surface area contributed by atoms with Crippen LogP contribution < -0.4 is 5.48 Å². The number of fused-ring (bicyclic) bond motifs is 1. The molecule has 1 N–H and O–H groups in total. The van der Waals surface area contributed by atoms with Gasteiger partial charge in [0.05, 0.1) is 6.61 Å². The number of carbonyl (C=O) groups excluding carboxylic acids is 1. The van der Waals surface area contributed by atoms with E-state index in [2.05, 4.69) is 5.48 Å². The molecule has 0 saturated heterocycles. The molecule has 0 radical (unpaired) electrons. The minimum absolute atomic E-state index is 0.201. The third kappa shape index (κ3) is 2.87. The minimum atomic E-state index is -0.201.